The van der Waals surface area contributed by atoms with E-state index in [4.69, 9.17) is 4.52 Å². The molecular weight excluding hydrogens is 266 g/mol. The number of nitrogens with zero attached hydrogens (tertiary/aromatic N) is 1. The van der Waals surface area contributed by atoms with Gasteiger partial charge in [-0.3, -0.25) is 0 Å². The van der Waals surface area contributed by atoms with Gasteiger partial charge in [0.1, 0.15) is 19.2 Å². The Bertz CT molecular complexity index is 562. The van der Waals surface area contributed by atoms with Gasteiger partial charge >= 0.3 is 0 Å². The van der Waals surface area contributed by atoms with E-state index in [1.807, 2.05) is 6.07 Å². The van der Waals surface area contributed by atoms with Gasteiger partial charge in [0, 0.05) is 10.8 Å². The van der Waals surface area contributed by atoms with E-state index in [0.717, 1.165) is 5.69 Å². The molecule has 0 bridgehead atoms. The Kier molecular flexibility index (Phi) is 3.58. The van der Waals surface area contributed by atoms with Crippen LogP contribution < -0.4 is 10.6 Å². The van der Waals surface area contributed by atoms with Gasteiger partial charge in [0.15, 0.2) is 0 Å². The van der Waals surface area contributed by atoms with Crippen LogP contribution in [0.1, 0.15) is 0 Å². The molecule has 2 aromatic rings. The highest BCUT2D eigenvalue weighted by molar-refractivity contribution is 6.98. The average Bonchev–Trinajstić information content (AvgIpc) is 2.74. The van der Waals surface area contributed by atoms with Gasteiger partial charge in [0.2, 0.25) is 0 Å². The number of aromatic nitrogens is 1. The Labute approximate surface area is 117 Å². The van der Waals surface area contributed by atoms with Crippen molar-refractivity contribution in [2.75, 3.05) is 0 Å². The van der Waals surface area contributed by atoms with Crippen molar-refractivity contribution in [3.05, 3.63) is 30.3 Å². The maximum Gasteiger partial charge on any atom is 0.126 e. The molecule has 0 saturated carbocycles. The second-order valence-electron chi connectivity index (χ2n) is 7.10. The fourth-order valence-corrected chi connectivity index (χ4v) is 7.36. The zero-order valence-electron chi connectivity index (χ0n) is 12.7. The van der Waals surface area contributed by atoms with Crippen molar-refractivity contribution in [3.8, 4) is 11.3 Å². The lowest BCUT2D eigenvalue weighted by molar-refractivity contribution is 0.446. The Morgan fingerprint density at radius 3 is 1.89 bits per heavy atom. The molecule has 0 N–H and O–H groups in total. The van der Waals surface area contributed by atoms with E-state index in [9.17, 15) is 0 Å². The molecular formula is C15H23NOSi2. The van der Waals surface area contributed by atoms with Crippen molar-refractivity contribution in [1.29, 1.82) is 0 Å². The Balaban J connectivity index is 2.68. The summed E-state index contributed by atoms with van der Waals surface area (Å²) in [5.41, 5.74) is 2.24. The first-order valence-electron chi connectivity index (χ1n) is 6.77. The Hall–Kier alpha value is -1.14. The summed E-state index contributed by atoms with van der Waals surface area (Å²) in [6.07, 6.45) is 0. The van der Waals surface area contributed by atoms with Crippen LogP contribution in [0.15, 0.2) is 34.9 Å². The highest BCUT2D eigenvalue weighted by Crippen LogP contribution is 2.19. The molecule has 0 unspecified atom stereocenters. The van der Waals surface area contributed by atoms with Gasteiger partial charge < -0.3 is 4.52 Å². The maximum atomic E-state index is 5.79. The zero-order valence-corrected chi connectivity index (χ0v) is 14.7. The minimum atomic E-state index is -1.49. The Morgan fingerprint density at radius 1 is 0.842 bits per heavy atom. The number of hydrogen-bond acceptors (Lipinski definition) is 2. The normalized spacial score (nSPS) is 12.7. The van der Waals surface area contributed by atoms with Crippen LogP contribution in [0.4, 0.5) is 0 Å². The van der Waals surface area contributed by atoms with Crippen LogP contribution >= 0.6 is 0 Å². The highest BCUT2D eigenvalue weighted by Gasteiger charge is 2.35. The molecule has 102 valence electrons. The van der Waals surface area contributed by atoms with Gasteiger partial charge in [0.25, 0.3) is 0 Å². The van der Waals surface area contributed by atoms with E-state index in [0.29, 0.717) is 0 Å². The summed E-state index contributed by atoms with van der Waals surface area (Å²) < 4.78 is 5.79. The van der Waals surface area contributed by atoms with Gasteiger partial charge in [-0.15, -0.1) is 0 Å². The molecule has 0 atom stereocenters. The topological polar surface area (TPSA) is 26.0 Å². The molecule has 2 rings (SSSR count). The number of hydrogen-bond donors (Lipinski definition) is 0. The summed E-state index contributed by atoms with van der Waals surface area (Å²) in [5.74, 6) is 0. The second kappa shape index (κ2) is 4.76. The second-order valence-corrected chi connectivity index (χ2v) is 17.1. The molecule has 1 aromatic heterocycles. The lowest BCUT2D eigenvalue weighted by atomic mass is 10.2. The minimum absolute atomic E-state index is 1.07. The third-order valence-corrected chi connectivity index (χ3v) is 7.09. The van der Waals surface area contributed by atoms with E-state index < -0.39 is 16.1 Å². The molecule has 0 aliphatic carbocycles. The van der Waals surface area contributed by atoms with Crippen LogP contribution in [0.2, 0.25) is 39.3 Å². The highest BCUT2D eigenvalue weighted by atomic mass is 28.3. The van der Waals surface area contributed by atoms with Gasteiger partial charge in [-0.25, -0.2) is 0 Å². The summed E-state index contributed by atoms with van der Waals surface area (Å²) in [6.45, 7) is 14.1. The molecule has 0 aliphatic heterocycles. The fourth-order valence-electron chi connectivity index (χ4n) is 2.29. The lowest BCUT2D eigenvalue weighted by Gasteiger charge is -2.22. The summed E-state index contributed by atoms with van der Waals surface area (Å²) in [7, 11) is -2.98. The van der Waals surface area contributed by atoms with E-state index in [1.54, 1.807) is 0 Å². The van der Waals surface area contributed by atoms with Crippen molar-refractivity contribution in [2.45, 2.75) is 39.3 Å². The van der Waals surface area contributed by atoms with Crippen LogP contribution in [0.25, 0.3) is 11.3 Å². The van der Waals surface area contributed by atoms with Crippen molar-refractivity contribution < 1.29 is 4.52 Å². The molecule has 0 fully saturated rings. The first-order chi connectivity index (χ1) is 8.71. The van der Waals surface area contributed by atoms with E-state index in [1.165, 1.54) is 16.1 Å². The van der Waals surface area contributed by atoms with Crippen LogP contribution in [0, 0.1) is 0 Å². The van der Waals surface area contributed by atoms with Crippen molar-refractivity contribution >= 4 is 26.7 Å². The SMILES string of the molecule is C[Si](C)(C)c1onc(-c2ccccc2)c1[Si](C)(C)C. The first kappa shape index (κ1) is 14.3. The van der Waals surface area contributed by atoms with Crippen LogP contribution in [-0.2, 0) is 0 Å². The van der Waals surface area contributed by atoms with Crippen LogP contribution in [0.3, 0.4) is 0 Å². The monoisotopic (exact) mass is 289 g/mol. The predicted molar refractivity (Wildman–Crippen MR) is 87.9 cm³/mol. The number of benzene rings is 1. The average molecular weight is 290 g/mol. The molecule has 0 saturated heterocycles. The van der Waals surface area contributed by atoms with Gasteiger partial charge in [-0.05, 0) is 0 Å². The fraction of sp³-hybridized carbons (Fsp3) is 0.400. The molecule has 0 spiro atoms. The van der Waals surface area contributed by atoms with Crippen molar-refractivity contribution in [3.63, 3.8) is 0 Å². The van der Waals surface area contributed by atoms with Crippen molar-refractivity contribution in [2.24, 2.45) is 0 Å². The summed E-state index contributed by atoms with van der Waals surface area (Å²) >= 11 is 0. The van der Waals surface area contributed by atoms with Gasteiger partial charge in [0.05, 0.1) is 8.07 Å². The van der Waals surface area contributed by atoms with Crippen LogP contribution in [0.5, 0.6) is 0 Å². The predicted octanol–water partition coefficient (Wildman–Crippen LogP) is 3.43. The third-order valence-electron chi connectivity index (χ3n) is 3.17. The molecule has 0 aliphatic rings. The summed E-state index contributed by atoms with van der Waals surface area (Å²) in [4.78, 5) is 0. The largest absolute Gasteiger partial charge is 0.366 e. The van der Waals surface area contributed by atoms with Crippen LogP contribution in [-0.4, -0.2) is 21.3 Å². The molecule has 2 nitrogen and oxygen atoms in total. The van der Waals surface area contributed by atoms with E-state index >= 15 is 0 Å². The Morgan fingerprint density at radius 2 is 1.42 bits per heavy atom. The van der Waals surface area contributed by atoms with Gasteiger partial charge in [-0.2, -0.15) is 0 Å². The summed E-state index contributed by atoms with van der Waals surface area (Å²) in [6, 6.07) is 10.4. The molecule has 1 heterocycles. The minimum Gasteiger partial charge on any atom is -0.366 e. The first-order valence-corrected chi connectivity index (χ1v) is 13.8. The van der Waals surface area contributed by atoms with E-state index in [2.05, 4.69) is 68.7 Å². The smallest absolute Gasteiger partial charge is 0.126 e. The quantitative estimate of drug-likeness (QED) is 0.809. The van der Waals surface area contributed by atoms with Gasteiger partial charge in [-0.1, -0.05) is 74.8 Å². The lowest BCUT2D eigenvalue weighted by Crippen LogP contribution is -2.55. The van der Waals surface area contributed by atoms with E-state index in [-0.39, 0.29) is 0 Å². The third kappa shape index (κ3) is 2.90. The van der Waals surface area contributed by atoms with Crippen molar-refractivity contribution in [1.82, 2.24) is 5.16 Å². The molecule has 0 radical (unpaired) electrons. The number of rotatable bonds is 3. The molecule has 4 heteroatoms. The summed E-state index contributed by atoms with van der Waals surface area (Å²) in [5, 5.41) is 7.01. The maximum absolute atomic E-state index is 5.79. The molecule has 1 aromatic carbocycles. The zero-order chi connectivity index (χ0) is 14.3. The molecule has 19 heavy (non-hydrogen) atoms. The molecule has 0 amide bonds. The standard InChI is InChI=1S/C15H23NOSi2/c1-18(2,3)14-13(12-10-8-7-9-11-12)16-17-15(14)19(4,5)6/h7-11H,1-6H3.